The molecule has 8 nitrogen and oxygen atoms in total. The molecule has 1 aromatic heterocycles. The number of aromatic nitrogens is 2. The monoisotopic (exact) mass is 462 g/mol. The van der Waals surface area contributed by atoms with Crippen LogP contribution in [0.5, 0.6) is 0 Å². The topological polar surface area (TPSA) is 87.4 Å². The number of halogens is 4. The lowest BCUT2D eigenvalue weighted by atomic mass is 10.2. The van der Waals surface area contributed by atoms with Crippen molar-refractivity contribution in [2.45, 2.75) is 6.18 Å². The number of nitrogens with zero attached hydrogens (tertiary/aromatic N) is 5. The molecule has 0 bridgehead atoms. The van der Waals surface area contributed by atoms with Crippen molar-refractivity contribution in [1.82, 2.24) is 9.97 Å². The molecule has 0 unspecified atom stereocenters. The van der Waals surface area contributed by atoms with Crippen molar-refractivity contribution in [3.63, 3.8) is 0 Å². The van der Waals surface area contributed by atoms with Crippen LogP contribution >= 0.6 is 0 Å². The molecule has 0 spiro atoms. The third-order valence-corrected chi connectivity index (χ3v) is 5.23. The Morgan fingerprint density at radius 3 is 2.09 bits per heavy atom. The van der Waals surface area contributed by atoms with Crippen LogP contribution in [-0.2, 0) is 6.18 Å². The molecule has 1 aliphatic heterocycles. The van der Waals surface area contributed by atoms with Gasteiger partial charge in [-0.15, -0.1) is 0 Å². The smallest absolute Gasteiger partial charge is 0.368 e. The number of nitrogens with one attached hydrogen (secondary N) is 1. The first-order chi connectivity index (χ1) is 15.7. The average molecular weight is 462 g/mol. The second-order valence-corrected chi connectivity index (χ2v) is 7.30. The van der Waals surface area contributed by atoms with E-state index in [0.29, 0.717) is 26.2 Å². The Balaban J connectivity index is 1.53. The Morgan fingerprint density at radius 2 is 1.52 bits per heavy atom. The summed E-state index contributed by atoms with van der Waals surface area (Å²) < 4.78 is 51.5. The largest absolute Gasteiger partial charge is 0.416 e. The Morgan fingerprint density at radius 1 is 0.909 bits per heavy atom. The molecule has 0 radical (unpaired) electrons. The number of hydrogen-bond donors (Lipinski definition) is 1. The summed E-state index contributed by atoms with van der Waals surface area (Å²) >= 11 is 0. The van der Waals surface area contributed by atoms with E-state index in [-0.39, 0.29) is 28.8 Å². The fourth-order valence-electron chi connectivity index (χ4n) is 3.57. The molecule has 4 rings (SSSR count). The lowest BCUT2D eigenvalue weighted by Gasteiger charge is -2.36. The van der Waals surface area contributed by atoms with E-state index < -0.39 is 16.7 Å². The van der Waals surface area contributed by atoms with Gasteiger partial charge in [-0.25, -0.2) is 14.4 Å². The van der Waals surface area contributed by atoms with Crippen LogP contribution in [-0.4, -0.2) is 41.1 Å². The van der Waals surface area contributed by atoms with Gasteiger partial charge in [0.1, 0.15) is 12.1 Å². The number of benzene rings is 2. The normalized spacial score (nSPS) is 14.3. The van der Waals surface area contributed by atoms with Gasteiger partial charge in [0.05, 0.1) is 10.5 Å². The van der Waals surface area contributed by atoms with Crippen LogP contribution in [0, 0.1) is 15.9 Å². The summed E-state index contributed by atoms with van der Waals surface area (Å²) in [6.07, 6.45) is -3.32. The molecule has 3 aromatic rings. The summed E-state index contributed by atoms with van der Waals surface area (Å²) in [7, 11) is 0. The summed E-state index contributed by atoms with van der Waals surface area (Å²) in [5, 5.41) is 14.6. The van der Waals surface area contributed by atoms with Crippen molar-refractivity contribution in [2.75, 3.05) is 41.3 Å². The Hall–Kier alpha value is -3.96. The van der Waals surface area contributed by atoms with Crippen molar-refractivity contribution in [3.8, 4) is 0 Å². The third kappa shape index (κ3) is 4.94. The molecule has 172 valence electrons. The molecule has 1 saturated heterocycles. The van der Waals surface area contributed by atoms with Gasteiger partial charge in [0.15, 0.2) is 0 Å². The predicted molar refractivity (Wildman–Crippen MR) is 114 cm³/mol. The van der Waals surface area contributed by atoms with E-state index in [2.05, 4.69) is 15.3 Å². The van der Waals surface area contributed by atoms with Crippen molar-refractivity contribution < 1.29 is 22.5 Å². The zero-order chi connectivity index (χ0) is 23.6. The maximum Gasteiger partial charge on any atom is 0.416 e. The maximum atomic E-state index is 13.2. The highest BCUT2D eigenvalue weighted by molar-refractivity contribution is 5.74. The Bertz CT molecular complexity index is 1130. The van der Waals surface area contributed by atoms with Crippen LogP contribution in [0.1, 0.15) is 5.56 Å². The standard InChI is InChI=1S/C21H18F4N6O2/c22-15-3-7-17(8-4-15)29-9-11-30(12-10-29)20-18(31(32)33)19(26-13-27-20)28-16-5-1-14(2-6-16)21(23,24)25/h1-8,13H,9-12H2,(H,26,27,28). The molecule has 1 N–H and O–H groups in total. The quantitative estimate of drug-likeness (QED) is 0.337. The van der Waals surface area contributed by atoms with Gasteiger partial charge in [-0.3, -0.25) is 10.1 Å². The van der Waals surface area contributed by atoms with Crippen molar-refractivity contribution in [3.05, 3.63) is 76.4 Å². The highest BCUT2D eigenvalue weighted by Gasteiger charge is 2.31. The first-order valence-corrected chi connectivity index (χ1v) is 9.91. The van der Waals surface area contributed by atoms with Crippen LogP contribution in [0.4, 0.5) is 46.3 Å². The molecule has 2 heterocycles. The highest BCUT2D eigenvalue weighted by atomic mass is 19.4. The predicted octanol–water partition coefficient (Wildman–Crippen LogP) is 4.61. The molecular formula is C21H18F4N6O2. The van der Waals surface area contributed by atoms with Gasteiger partial charge in [0.25, 0.3) is 0 Å². The lowest BCUT2D eigenvalue weighted by molar-refractivity contribution is -0.383. The minimum absolute atomic E-state index is 0.114. The fraction of sp³-hybridized carbons (Fsp3) is 0.238. The zero-order valence-corrected chi connectivity index (χ0v) is 17.1. The summed E-state index contributed by atoms with van der Waals surface area (Å²) in [4.78, 5) is 23.0. The number of hydrogen-bond acceptors (Lipinski definition) is 7. The van der Waals surface area contributed by atoms with Gasteiger partial charge < -0.3 is 15.1 Å². The summed E-state index contributed by atoms with van der Waals surface area (Å²) in [5.74, 6) is -0.337. The van der Waals surface area contributed by atoms with Crippen LogP contribution in [0.2, 0.25) is 0 Å². The molecule has 0 atom stereocenters. The van der Waals surface area contributed by atoms with Gasteiger partial charge in [0.2, 0.25) is 11.6 Å². The van der Waals surface area contributed by atoms with Crippen LogP contribution in [0.3, 0.4) is 0 Å². The minimum Gasteiger partial charge on any atom is -0.368 e. The maximum absolute atomic E-state index is 13.2. The van der Waals surface area contributed by atoms with E-state index in [9.17, 15) is 27.7 Å². The molecular weight excluding hydrogens is 444 g/mol. The van der Waals surface area contributed by atoms with E-state index in [1.165, 1.54) is 30.6 Å². The molecule has 0 saturated carbocycles. The number of anilines is 4. The number of rotatable bonds is 5. The van der Waals surface area contributed by atoms with Crippen LogP contribution in [0.25, 0.3) is 0 Å². The first kappa shape index (κ1) is 22.2. The second-order valence-electron chi connectivity index (χ2n) is 7.30. The highest BCUT2D eigenvalue weighted by Crippen LogP contribution is 2.35. The molecule has 33 heavy (non-hydrogen) atoms. The Kier molecular flexibility index (Phi) is 5.99. The number of nitro groups is 1. The SMILES string of the molecule is O=[N+]([O-])c1c(Nc2ccc(C(F)(F)F)cc2)ncnc1N1CCN(c2ccc(F)cc2)CC1. The van der Waals surface area contributed by atoms with Gasteiger partial charge in [-0.05, 0) is 48.5 Å². The Labute approximate surface area is 185 Å². The number of alkyl halides is 3. The minimum atomic E-state index is -4.48. The van der Waals surface area contributed by atoms with Gasteiger partial charge in [0, 0.05) is 37.6 Å². The van der Waals surface area contributed by atoms with Gasteiger partial charge in [-0.1, -0.05) is 0 Å². The zero-order valence-electron chi connectivity index (χ0n) is 17.1. The second kappa shape index (κ2) is 8.88. The van der Waals surface area contributed by atoms with E-state index in [4.69, 9.17) is 0 Å². The molecule has 2 aromatic carbocycles. The summed E-state index contributed by atoms with van der Waals surface area (Å²) in [6, 6.07) is 10.2. The number of piperazine rings is 1. The summed E-state index contributed by atoms with van der Waals surface area (Å²) in [5.41, 5.74) is -0.132. The molecule has 0 amide bonds. The fourth-order valence-corrected chi connectivity index (χ4v) is 3.57. The molecule has 12 heteroatoms. The van der Waals surface area contributed by atoms with Crippen molar-refractivity contribution >= 4 is 28.7 Å². The molecule has 1 aliphatic rings. The summed E-state index contributed by atoms with van der Waals surface area (Å²) in [6.45, 7) is 1.92. The van der Waals surface area contributed by atoms with E-state index in [1.807, 2.05) is 4.90 Å². The van der Waals surface area contributed by atoms with E-state index in [0.717, 1.165) is 17.8 Å². The van der Waals surface area contributed by atoms with Gasteiger partial charge in [-0.2, -0.15) is 13.2 Å². The first-order valence-electron chi connectivity index (χ1n) is 9.91. The van der Waals surface area contributed by atoms with E-state index in [1.54, 1.807) is 17.0 Å². The molecule has 1 fully saturated rings. The van der Waals surface area contributed by atoms with Crippen molar-refractivity contribution in [1.29, 1.82) is 0 Å². The van der Waals surface area contributed by atoms with Crippen LogP contribution in [0.15, 0.2) is 54.9 Å². The van der Waals surface area contributed by atoms with Crippen molar-refractivity contribution in [2.24, 2.45) is 0 Å². The van der Waals surface area contributed by atoms with Crippen LogP contribution < -0.4 is 15.1 Å². The average Bonchev–Trinajstić information content (AvgIpc) is 2.79. The lowest BCUT2D eigenvalue weighted by Crippen LogP contribution is -2.47. The molecule has 0 aliphatic carbocycles. The third-order valence-electron chi connectivity index (χ3n) is 5.23. The van der Waals surface area contributed by atoms with Gasteiger partial charge >= 0.3 is 11.9 Å². The van der Waals surface area contributed by atoms with E-state index >= 15 is 0 Å².